The summed E-state index contributed by atoms with van der Waals surface area (Å²) in [5, 5.41) is 7.30. The Morgan fingerprint density at radius 1 is 1.09 bits per heavy atom. The van der Waals surface area contributed by atoms with Gasteiger partial charge < -0.3 is 10.6 Å². The minimum absolute atomic E-state index is 0.0225. The predicted octanol–water partition coefficient (Wildman–Crippen LogP) is 3.97. The van der Waals surface area contributed by atoms with E-state index in [4.69, 9.17) is 11.6 Å². The van der Waals surface area contributed by atoms with E-state index in [1.54, 1.807) is 10.5 Å². The molecule has 3 aromatic rings. The van der Waals surface area contributed by atoms with E-state index in [0.29, 0.717) is 19.0 Å². The molecule has 180 valence electrons. The van der Waals surface area contributed by atoms with Gasteiger partial charge in [0.25, 0.3) is 0 Å². The molecule has 0 unspecified atom stereocenters. The smallest absolute Gasteiger partial charge is 0.223 e. The number of rotatable bonds is 9. The molecule has 9 heteroatoms. The molecule has 1 fully saturated rings. The van der Waals surface area contributed by atoms with Crippen molar-refractivity contribution in [1.82, 2.24) is 19.6 Å². The molecular formula is C25H30ClN5O2S. The van der Waals surface area contributed by atoms with E-state index in [2.05, 4.69) is 20.6 Å². The second kappa shape index (κ2) is 11.3. The number of hydrogen-bond acceptors (Lipinski definition) is 6. The molecule has 2 heterocycles. The summed E-state index contributed by atoms with van der Waals surface area (Å²) >= 11 is 6.06. The molecule has 1 saturated heterocycles. The summed E-state index contributed by atoms with van der Waals surface area (Å²) in [6.45, 7) is 2.71. The molecule has 0 bridgehead atoms. The van der Waals surface area contributed by atoms with Crippen LogP contribution in [0.1, 0.15) is 24.0 Å². The third kappa shape index (κ3) is 6.76. The Kier molecular flexibility index (Phi) is 8.15. The average molecular weight is 500 g/mol. The lowest BCUT2D eigenvalue weighted by atomic mass is 10.0. The van der Waals surface area contributed by atoms with Gasteiger partial charge in [0.05, 0.1) is 11.9 Å². The van der Waals surface area contributed by atoms with Crippen LogP contribution in [0, 0.1) is 0 Å². The maximum atomic E-state index is 12.5. The lowest BCUT2D eigenvalue weighted by Gasteiger charge is -2.32. The van der Waals surface area contributed by atoms with Crippen molar-refractivity contribution >= 4 is 27.6 Å². The lowest BCUT2D eigenvalue weighted by molar-refractivity contribution is 0.258. The van der Waals surface area contributed by atoms with Crippen molar-refractivity contribution in [3.05, 3.63) is 76.9 Å². The average Bonchev–Trinajstić information content (AvgIpc) is 2.83. The highest BCUT2D eigenvalue weighted by Crippen LogP contribution is 2.23. The molecule has 34 heavy (non-hydrogen) atoms. The zero-order chi connectivity index (χ0) is 24.0. The maximum absolute atomic E-state index is 12.5. The van der Waals surface area contributed by atoms with Gasteiger partial charge in [0.2, 0.25) is 16.0 Å². The summed E-state index contributed by atoms with van der Waals surface area (Å²) in [7, 11) is -3.32. The van der Waals surface area contributed by atoms with Gasteiger partial charge in [0.15, 0.2) is 0 Å². The van der Waals surface area contributed by atoms with Gasteiger partial charge in [-0.3, -0.25) is 0 Å². The van der Waals surface area contributed by atoms with Crippen molar-refractivity contribution in [2.45, 2.75) is 31.8 Å². The number of halogens is 1. The van der Waals surface area contributed by atoms with Crippen molar-refractivity contribution in [3.8, 4) is 11.3 Å². The molecule has 0 aliphatic carbocycles. The summed E-state index contributed by atoms with van der Waals surface area (Å²) in [6, 6.07) is 17.6. The van der Waals surface area contributed by atoms with Crippen molar-refractivity contribution in [2.24, 2.45) is 0 Å². The number of piperidine rings is 1. The molecule has 0 amide bonds. The van der Waals surface area contributed by atoms with Crippen molar-refractivity contribution < 1.29 is 8.42 Å². The van der Waals surface area contributed by atoms with Gasteiger partial charge in [-0.15, -0.1) is 0 Å². The minimum Gasteiger partial charge on any atom is -0.354 e. The molecular weight excluding hydrogens is 470 g/mol. The summed E-state index contributed by atoms with van der Waals surface area (Å²) in [4.78, 5) is 9.00. The first-order valence-electron chi connectivity index (χ1n) is 11.5. The maximum Gasteiger partial charge on any atom is 0.223 e. The Balaban J connectivity index is 1.45. The number of anilines is 1. The second-order valence-electron chi connectivity index (χ2n) is 8.56. The lowest BCUT2D eigenvalue weighted by Crippen LogP contribution is -2.45. The standard InChI is InChI=1S/C25H30ClN5O2S/c1-34(32,33)31(23-9-12-27-13-10-23)18-20-5-2-6-21(16-20)24-11-15-29-25(30-24)28-14-8-19-4-3-7-22(26)17-19/h2-7,11,15-17,23,27H,8-10,12-14,18H2,1H3,(H,28,29,30). The summed E-state index contributed by atoms with van der Waals surface area (Å²) in [5.74, 6) is 0.553. The van der Waals surface area contributed by atoms with Gasteiger partial charge in [0.1, 0.15) is 0 Å². The second-order valence-corrected chi connectivity index (χ2v) is 10.9. The first-order valence-corrected chi connectivity index (χ1v) is 13.7. The van der Waals surface area contributed by atoms with E-state index in [0.717, 1.165) is 59.8 Å². The summed E-state index contributed by atoms with van der Waals surface area (Å²) in [6.07, 6.45) is 5.48. The van der Waals surface area contributed by atoms with Crippen molar-refractivity contribution in [1.29, 1.82) is 0 Å². The number of nitrogens with zero attached hydrogens (tertiary/aromatic N) is 3. The van der Waals surface area contributed by atoms with Crippen LogP contribution >= 0.6 is 11.6 Å². The summed E-state index contributed by atoms with van der Waals surface area (Å²) < 4.78 is 26.7. The van der Waals surface area contributed by atoms with Gasteiger partial charge in [0, 0.05) is 35.9 Å². The Hall–Kier alpha value is -2.52. The van der Waals surface area contributed by atoms with E-state index in [9.17, 15) is 8.42 Å². The fraction of sp³-hybridized carbons (Fsp3) is 0.360. The molecule has 0 spiro atoms. The third-order valence-corrected chi connectivity index (χ3v) is 7.46. The van der Waals surface area contributed by atoms with Crippen LogP contribution < -0.4 is 10.6 Å². The fourth-order valence-corrected chi connectivity index (χ4v) is 5.59. The van der Waals surface area contributed by atoms with Crippen molar-refractivity contribution in [3.63, 3.8) is 0 Å². The first-order chi connectivity index (χ1) is 16.4. The molecule has 2 N–H and O–H groups in total. The van der Waals surface area contributed by atoms with Crippen LogP contribution in [0.25, 0.3) is 11.3 Å². The monoisotopic (exact) mass is 499 g/mol. The Bertz CT molecular complexity index is 1220. The molecule has 1 aliphatic rings. The minimum atomic E-state index is -3.32. The largest absolute Gasteiger partial charge is 0.354 e. The highest BCUT2D eigenvalue weighted by molar-refractivity contribution is 7.88. The Labute approximate surface area is 206 Å². The molecule has 4 rings (SSSR count). The van der Waals surface area contributed by atoms with E-state index < -0.39 is 10.0 Å². The van der Waals surface area contributed by atoms with Crippen molar-refractivity contribution in [2.75, 3.05) is 31.2 Å². The fourth-order valence-electron chi connectivity index (χ4n) is 4.24. The molecule has 1 aliphatic heterocycles. The zero-order valence-corrected chi connectivity index (χ0v) is 20.8. The quantitative estimate of drug-likeness (QED) is 0.463. The van der Waals surface area contributed by atoms with Gasteiger partial charge in [-0.05, 0) is 67.7 Å². The number of hydrogen-bond donors (Lipinski definition) is 2. The molecule has 7 nitrogen and oxygen atoms in total. The van der Waals surface area contributed by atoms with E-state index in [1.165, 1.54) is 6.26 Å². The van der Waals surface area contributed by atoms with Gasteiger partial charge in [-0.1, -0.05) is 41.9 Å². The number of nitrogens with one attached hydrogen (secondary N) is 2. The number of benzene rings is 2. The van der Waals surface area contributed by atoms with Gasteiger partial charge in [-0.25, -0.2) is 18.4 Å². The normalized spacial score (nSPS) is 14.9. The Morgan fingerprint density at radius 2 is 1.85 bits per heavy atom. The first kappa shape index (κ1) is 24.6. The SMILES string of the molecule is CS(=O)(=O)N(Cc1cccc(-c2ccnc(NCCc3cccc(Cl)c3)n2)c1)C1CCNCC1. The number of aromatic nitrogens is 2. The van der Waals surface area contributed by atoms with Gasteiger partial charge >= 0.3 is 0 Å². The van der Waals surface area contributed by atoms with Crippen LogP contribution in [0.2, 0.25) is 5.02 Å². The summed E-state index contributed by atoms with van der Waals surface area (Å²) in [5.41, 5.74) is 3.80. The van der Waals surface area contributed by atoms with Crippen LogP contribution in [0.5, 0.6) is 0 Å². The van der Waals surface area contributed by atoms with E-state index in [-0.39, 0.29) is 6.04 Å². The van der Waals surface area contributed by atoms with Crippen LogP contribution in [-0.2, 0) is 23.0 Å². The molecule has 0 radical (unpaired) electrons. The molecule has 2 aromatic carbocycles. The van der Waals surface area contributed by atoms with Crippen LogP contribution in [0.15, 0.2) is 60.8 Å². The van der Waals surface area contributed by atoms with Crippen LogP contribution in [0.3, 0.4) is 0 Å². The van der Waals surface area contributed by atoms with E-state index >= 15 is 0 Å². The molecule has 0 atom stereocenters. The number of sulfonamides is 1. The zero-order valence-electron chi connectivity index (χ0n) is 19.2. The molecule has 1 aromatic heterocycles. The van der Waals surface area contributed by atoms with Gasteiger partial charge in [-0.2, -0.15) is 4.31 Å². The van der Waals surface area contributed by atoms with Crippen LogP contribution in [0.4, 0.5) is 5.95 Å². The molecule has 0 saturated carbocycles. The highest BCUT2D eigenvalue weighted by atomic mass is 35.5. The Morgan fingerprint density at radius 3 is 2.62 bits per heavy atom. The predicted molar refractivity (Wildman–Crippen MR) is 137 cm³/mol. The third-order valence-electron chi connectivity index (χ3n) is 5.94. The topological polar surface area (TPSA) is 87.2 Å². The van der Waals surface area contributed by atoms with Crippen LogP contribution in [-0.4, -0.2) is 54.6 Å². The van der Waals surface area contributed by atoms with E-state index in [1.807, 2.05) is 54.6 Å². The highest BCUT2D eigenvalue weighted by Gasteiger charge is 2.28.